The Hall–Kier alpha value is 0.0300. The molecule has 0 radical (unpaired) electrons. The molecule has 0 saturated heterocycles. The summed E-state index contributed by atoms with van der Waals surface area (Å²) in [5.41, 5.74) is 5.27. The largest absolute Gasteiger partial charge is 0.750 e. The van der Waals surface area contributed by atoms with Gasteiger partial charge >= 0.3 is 0 Å². The van der Waals surface area contributed by atoms with Gasteiger partial charge in [0.05, 0.1) is 18.0 Å². The van der Waals surface area contributed by atoms with E-state index in [1.165, 1.54) is 0 Å². The second-order valence-corrected chi connectivity index (χ2v) is 3.17. The van der Waals surface area contributed by atoms with Gasteiger partial charge in [-0.25, -0.2) is 4.21 Å². The Morgan fingerprint density at radius 2 is 2.36 bits per heavy atom. The number of hydrogen-bond donors (Lipinski definition) is 1. The van der Waals surface area contributed by atoms with Gasteiger partial charge in [-0.05, 0) is 25.3 Å². The predicted octanol–water partition coefficient (Wildman–Crippen LogP) is 0.172. The van der Waals surface area contributed by atoms with Crippen LogP contribution in [0.5, 0.6) is 0 Å². The molecule has 0 bridgehead atoms. The van der Waals surface area contributed by atoms with Crippen molar-refractivity contribution < 1.29 is 12.9 Å². The fourth-order valence-corrected chi connectivity index (χ4v) is 1.06. The van der Waals surface area contributed by atoms with Crippen molar-refractivity contribution in [1.82, 2.24) is 0 Å². The third-order valence-corrected chi connectivity index (χ3v) is 1.68. The van der Waals surface area contributed by atoms with Crippen molar-refractivity contribution in [3.8, 4) is 0 Å². The molecule has 0 amide bonds. The Labute approximate surface area is 69.6 Å². The van der Waals surface area contributed by atoms with E-state index in [0.717, 1.165) is 12.8 Å². The van der Waals surface area contributed by atoms with Crippen molar-refractivity contribution in [2.24, 2.45) is 11.7 Å². The summed E-state index contributed by atoms with van der Waals surface area (Å²) in [6, 6.07) is 0. The first kappa shape index (κ1) is 11.0. The van der Waals surface area contributed by atoms with Crippen LogP contribution in [0.1, 0.15) is 19.8 Å². The summed E-state index contributed by atoms with van der Waals surface area (Å²) < 4.78 is 24.2. The van der Waals surface area contributed by atoms with E-state index >= 15 is 0 Å². The van der Waals surface area contributed by atoms with E-state index in [1.807, 2.05) is 6.92 Å². The van der Waals surface area contributed by atoms with E-state index in [1.54, 1.807) is 0 Å². The van der Waals surface area contributed by atoms with Gasteiger partial charge in [-0.2, -0.15) is 0 Å². The fraction of sp³-hybridized carbons (Fsp3) is 1.00. The summed E-state index contributed by atoms with van der Waals surface area (Å²) in [6.07, 6.45) is 1.82. The molecule has 0 fully saturated rings. The van der Waals surface area contributed by atoms with Crippen molar-refractivity contribution in [1.29, 1.82) is 0 Å². The molecule has 0 aromatic carbocycles. The second kappa shape index (κ2) is 6.72. The minimum absolute atomic E-state index is 0.260. The van der Waals surface area contributed by atoms with Crippen LogP contribution in [0.3, 0.4) is 0 Å². The highest BCUT2D eigenvalue weighted by molar-refractivity contribution is 7.74. The van der Waals surface area contributed by atoms with Crippen LogP contribution >= 0.6 is 0 Å². The Kier molecular flexibility index (Phi) is 6.74. The van der Waals surface area contributed by atoms with E-state index in [-0.39, 0.29) is 12.5 Å². The zero-order chi connectivity index (χ0) is 8.69. The summed E-state index contributed by atoms with van der Waals surface area (Å²) in [4.78, 5) is 0. The summed E-state index contributed by atoms with van der Waals surface area (Å²) in [5.74, 6) is 0.261. The van der Waals surface area contributed by atoms with Crippen molar-refractivity contribution in [2.45, 2.75) is 19.8 Å². The molecule has 0 saturated carbocycles. The van der Waals surface area contributed by atoms with Crippen LogP contribution in [0.4, 0.5) is 0 Å². The Morgan fingerprint density at radius 3 is 2.82 bits per heavy atom. The zero-order valence-corrected chi connectivity index (χ0v) is 7.43. The van der Waals surface area contributed by atoms with E-state index in [4.69, 9.17) is 5.73 Å². The maximum atomic E-state index is 9.93. The molecule has 0 heterocycles. The van der Waals surface area contributed by atoms with Crippen LogP contribution in [0.2, 0.25) is 0 Å². The molecule has 2 unspecified atom stereocenters. The lowest BCUT2D eigenvalue weighted by atomic mass is 10.1. The lowest BCUT2D eigenvalue weighted by Gasteiger charge is -2.11. The van der Waals surface area contributed by atoms with E-state index in [2.05, 4.69) is 4.18 Å². The molecular weight excluding hydrogens is 166 g/mol. The Bertz CT molecular complexity index is 120. The quantitative estimate of drug-likeness (QED) is 0.591. The minimum Gasteiger partial charge on any atom is -0.750 e. The van der Waals surface area contributed by atoms with Gasteiger partial charge in [0, 0.05) is 0 Å². The molecule has 5 heteroatoms. The average molecular weight is 180 g/mol. The molecule has 2 atom stereocenters. The molecule has 0 aliphatic carbocycles. The Balaban J connectivity index is 3.22. The van der Waals surface area contributed by atoms with Crippen LogP contribution in [0.15, 0.2) is 0 Å². The van der Waals surface area contributed by atoms with Gasteiger partial charge in [-0.3, -0.25) is 0 Å². The maximum Gasteiger partial charge on any atom is 0.0842 e. The zero-order valence-electron chi connectivity index (χ0n) is 6.62. The van der Waals surface area contributed by atoms with Crippen LogP contribution in [0.25, 0.3) is 0 Å². The van der Waals surface area contributed by atoms with Gasteiger partial charge in [-0.1, -0.05) is 6.92 Å². The smallest absolute Gasteiger partial charge is 0.0842 e. The molecule has 2 N–H and O–H groups in total. The monoisotopic (exact) mass is 180 g/mol. The summed E-state index contributed by atoms with van der Waals surface area (Å²) in [6.45, 7) is 2.84. The van der Waals surface area contributed by atoms with Gasteiger partial charge in [0.15, 0.2) is 0 Å². The van der Waals surface area contributed by atoms with Gasteiger partial charge in [0.2, 0.25) is 0 Å². The van der Waals surface area contributed by atoms with Gasteiger partial charge in [0.1, 0.15) is 0 Å². The molecule has 0 aliphatic rings. The third-order valence-electron chi connectivity index (χ3n) is 1.35. The molecule has 0 spiro atoms. The molecule has 11 heavy (non-hydrogen) atoms. The number of nitrogens with two attached hydrogens (primary N) is 1. The van der Waals surface area contributed by atoms with Gasteiger partial charge in [0.25, 0.3) is 0 Å². The van der Waals surface area contributed by atoms with Gasteiger partial charge in [-0.15, -0.1) is 0 Å². The average Bonchev–Trinajstić information content (AvgIpc) is 1.97. The highest BCUT2D eigenvalue weighted by Crippen LogP contribution is 2.04. The van der Waals surface area contributed by atoms with Crippen LogP contribution in [-0.4, -0.2) is 21.9 Å². The first-order valence-electron chi connectivity index (χ1n) is 3.59. The fourth-order valence-electron chi connectivity index (χ4n) is 0.721. The van der Waals surface area contributed by atoms with E-state index in [9.17, 15) is 8.76 Å². The van der Waals surface area contributed by atoms with E-state index in [0.29, 0.717) is 6.54 Å². The lowest BCUT2D eigenvalue weighted by molar-refractivity contribution is 0.245. The first-order valence-corrected chi connectivity index (χ1v) is 4.59. The molecule has 0 rings (SSSR count). The molecule has 68 valence electrons. The minimum atomic E-state index is -2.37. The Morgan fingerprint density at radius 1 is 1.73 bits per heavy atom. The summed E-state index contributed by atoms with van der Waals surface area (Å²) >= 11 is -2.37. The van der Waals surface area contributed by atoms with Crippen molar-refractivity contribution in [2.75, 3.05) is 13.2 Å². The highest BCUT2D eigenvalue weighted by atomic mass is 32.2. The number of rotatable bonds is 6. The van der Waals surface area contributed by atoms with Crippen molar-refractivity contribution in [3.63, 3.8) is 0 Å². The van der Waals surface area contributed by atoms with E-state index < -0.39 is 11.4 Å². The van der Waals surface area contributed by atoms with Crippen molar-refractivity contribution >= 4 is 11.4 Å². The molecule has 0 aromatic heterocycles. The standard InChI is InChI=1S/C6H15NO3S/c1-6(3-2-4-7)5-10-11(8)9/h6H,2-5,7H2,1H3,(H,8,9)/p-1. The molecule has 0 aromatic rings. The predicted molar refractivity (Wildman–Crippen MR) is 42.3 cm³/mol. The molecular formula is C6H14NO3S-. The maximum absolute atomic E-state index is 9.93. The second-order valence-electron chi connectivity index (χ2n) is 2.52. The summed E-state index contributed by atoms with van der Waals surface area (Å²) in [7, 11) is 0. The van der Waals surface area contributed by atoms with Crippen LogP contribution in [0, 0.1) is 5.92 Å². The van der Waals surface area contributed by atoms with Crippen LogP contribution < -0.4 is 5.73 Å². The first-order chi connectivity index (χ1) is 5.16. The molecule has 0 aliphatic heterocycles. The van der Waals surface area contributed by atoms with Crippen molar-refractivity contribution in [3.05, 3.63) is 0 Å². The third kappa shape index (κ3) is 7.93. The summed E-state index contributed by atoms with van der Waals surface area (Å²) in [5, 5.41) is 0. The SMILES string of the molecule is CC(CCCN)COS(=O)[O-]. The molecule has 4 nitrogen and oxygen atoms in total. The van der Waals surface area contributed by atoms with Crippen LogP contribution in [-0.2, 0) is 15.5 Å². The topological polar surface area (TPSA) is 75.4 Å². The lowest BCUT2D eigenvalue weighted by Crippen LogP contribution is -2.09. The number of hydrogen-bond acceptors (Lipinski definition) is 4. The van der Waals surface area contributed by atoms with Gasteiger partial charge < -0.3 is 14.5 Å². The normalized spacial score (nSPS) is 16.3. The highest BCUT2D eigenvalue weighted by Gasteiger charge is 2.00.